The minimum absolute atomic E-state index is 0.0580. The number of thioether (sulfide) groups is 1. The van der Waals surface area contributed by atoms with E-state index in [4.69, 9.17) is 0 Å². The van der Waals surface area contributed by atoms with Gasteiger partial charge in [0.25, 0.3) is 5.69 Å². The minimum atomic E-state index is -0.492. The lowest BCUT2D eigenvalue weighted by molar-refractivity contribution is -0.384. The second-order valence-electron chi connectivity index (χ2n) is 7.31. The van der Waals surface area contributed by atoms with Gasteiger partial charge in [-0.15, -0.1) is 10.2 Å². The van der Waals surface area contributed by atoms with E-state index >= 15 is 0 Å². The Hall–Kier alpha value is -4.05. The predicted octanol–water partition coefficient (Wildman–Crippen LogP) is 4.59. The minimum Gasteiger partial charge on any atom is -0.325 e. The Morgan fingerprint density at radius 2 is 1.79 bits per heavy atom. The molecule has 33 heavy (non-hydrogen) atoms. The van der Waals surface area contributed by atoms with Crippen LogP contribution >= 0.6 is 11.8 Å². The van der Waals surface area contributed by atoms with Crippen LogP contribution in [0.4, 0.5) is 11.4 Å². The third-order valence-corrected chi connectivity index (χ3v) is 5.83. The number of hydrogen-bond acceptors (Lipinski definition) is 7. The molecule has 1 N–H and O–H groups in total. The van der Waals surface area contributed by atoms with Gasteiger partial charge in [0.2, 0.25) is 5.91 Å². The maximum Gasteiger partial charge on any atom is 0.271 e. The van der Waals surface area contributed by atoms with Crippen LogP contribution in [0.25, 0.3) is 17.1 Å². The molecule has 0 saturated heterocycles. The lowest BCUT2D eigenvalue weighted by Gasteiger charge is -2.11. The summed E-state index contributed by atoms with van der Waals surface area (Å²) in [4.78, 5) is 27.2. The number of pyridine rings is 1. The van der Waals surface area contributed by atoms with Crippen molar-refractivity contribution >= 4 is 29.0 Å². The fourth-order valence-electron chi connectivity index (χ4n) is 3.15. The summed E-state index contributed by atoms with van der Waals surface area (Å²) < 4.78 is 1.89. The Labute approximate surface area is 194 Å². The topological polar surface area (TPSA) is 116 Å². The molecule has 10 heteroatoms. The van der Waals surface area contributed by atoms with Gasteiger partial charge in [-0.2, -0.15) is 0 Å². The van der Waals surface area contributed by atoms with Crippen molar-refractivity contribution in [3.63, 3.8) is 0 Å². The number of aromatic nitrogens is 4. The summed E-state index contributed by atoms with van der Waals surface area (Å²) >= 11 is 1.23. The van der Waals surface area contributed by atoms with Crippen molar-refractivity contribution < 1.29 is 9.72 Å². The van der Waals surface area contributed by atoms with Gasteiger partial charge < -0.3 is 5.32 Å². The van der Waals surface area contributed by atoms with Crippen LogP contribution in [0.3, 0.4) is 0 Å². The average molecular weight is 461 g/mol. The quantitative estimate of drug-likeness (QED) is 0.244. The van der Waals surface area contributed by atoms with Gasteiger partial charge in [-0.25, -0.2) is 0 Å². The average Bonchev–Trinajstić information content (AvgIpc) is 3.24. The molecular formula is C23H20N6O3S. The van der Waals surface area contributed by atoms with Crippen molar-refractivity contribution in [2.75, 3.05) is 11.1 Å². The lowest BCUT2D eigenvalue weighted by atomic mass is 10.2. The maximum absolute atomic E-state index is 12.6. The number of hydrogen-bond donors (Lipinski definition) is 1. The standard InChI is InChI=1S/C23H20N6O3S/c1-15-3-6-18(7-4-15)28-22(17-9-11-24-12-10-17)26-27-23(28)33-14-21(30)25-20-13-19(29(31)32)8-5-16(20)2/h3-13H,14H2,1-2H3,(H,25,30). The monoisotopic (exact) mass is 460 g/mol. The smallest absolute Gasteiger partial charge is 0.271 e. The van der Waals surface area contributed by atoms with E-state index in [0.717, 1.165) is 22.4 Å². The summed E-state index contributed by atoms with van der Waals surface area (Å²) in [6, 6.07) is 16.0. The van der Waals surface area contributed by atoms with Crippen LogP contribution in [0.15, 0.2) is 72.1 Å². The van der Waals surface area contributed by atoms with Gasteiger partial charge in [0, 0.05) is 35.8 Å². The number of nitro benzene ring substituents is 1. The molecule has 2 heterocycles. The summed E-state index contributed by atoms with van der Waals surface area (Å²) in [5.41, 5.74) is 3.91. The molecule has 0 fully saturated rings. The number of nitrogens with zero attached hydrogens (tertiary/aromatic N) is 5. The SMILES string of the molecule is Cc1ccc(-n2c(SCC(=O)Nc3cc([N+](=O)[O-])ccc3C)nnc2-c2ccncc2)cc1. The summed E-state index contributed by atoms with van der Waals surface area (Å²) in [6.45, 7) is 3.79. The zero-order valence-electron chi connectivity index (χ0n) is 17.9. The van der Waals surface area contributed by atoms with Gasteiger partial charge in [-0.3, -0.25) is 24.5 Å². The molecule has 4 rings (SSSR count). The molecule has 0 unspecified atom stereocenters. The molecule has 2 aromatic carbocycles. The molecule has 2 aromatic heterocycles. The van der Waals surface area contributed by atoms with Gasteiger partial charge >= 0.3 is 0 Å². The number of rotatable bonds is 7. The molecule has 0 atom stereocenters. The van der Waals surface area contributed by atoms with Crippen molar-refractivity contribution in [2.24, 2.45) is 0 Å². The predicted molar refractivity (Wildman–Crippen MR) is 127 cm³/mol. The molecule has 9 nitrogen and oxygen atoms in total. The number of benzene rings is 2. The molecule has 0 aliphatic rings. The first-order valence-corrected chi connectivity index (χ1v) is 11.0. The molecule has 0 bridgehead atoms. The molecule has 0 radical (unpaired) electrons. The summed E-state index contributed by atoms with van der Waals surface area (Å²) in [7, 11) is 0. The molecule has 1 amide bonds. The highest BCUT2D eigenvalue weighted by atomic mass is 32.2. The highest BCUT2D eigenvalue weighted by Gasteiger charge is 2.18. The second-order valence-corrected chi connectivity index (χ2v) is 8.25. The van der Waals surface area contributed by atoms with Crippen LogP contribution in [0.1, 0.15) is 11.1 Å². The molecule has 0 aliphatic heterocycles. The van der Waals surface area contributed by atoms with Gasteiger partial charge in [0.1, 0.15) is 0 Å². The van der Waals surface area contributed by atoms with Crippen molar-refractivity contribution in [3.05, 3.63) is 88.2 Å². The number of amides is 1. The van der Waals surface area contributed by atoms with Gasteiger partial charge in [-0.1, -0.05) is 35.5 Å². The van der Waals surface area contributed by atoms with E-state index in [-0.39, 0.29) is 17.3 Å². The molecule has 166 valence electrons. The zero-order valence-corrected chi connectivity index (χ0v) is 18.7. The maximum atomic E-state index is 12.6. The molecular weight excluding hydrogens is 440 g/mol. The first-order valence-electron chi connectivity index (χ1n) is 10.0. The third kappa shape index (κ3) is 5.07. The van der Waals surface area contributed by atoms with Crippen LogP contribution in [0, 0.1) is 24.0 Å². The number of nitro groups is 1. The van der Waals surface area contributed by atoms with Gasteiger partial charge in [0.15, 0.2) is 11.0 Å². The van der Waals surface area contributed by atoms with Gasteiger partial charge in [-0.05, 0) is 43.7 Å². The molecule has 4 aromatic rings. The zero-order chi connectivity index (χ0) is 23.4. The second kappa shape index (κ2) is 9.61. The Morgan fingerprint density at radius 1 is 1.06 bits per heavy atom. The van der Waals surface area contributed by atoms with E-state index in [1.54, 1.807) is 25.4 Å². The Bertz CT molecular complexity index is 1310. The Kier molecular flexibility index (Phi) is 6.45. The van der Waals surface area contributed by atoms with Crippen LogP contribution in [-0.2, 0) is 4.79 Å². The van der Waals surface area contributed by atoms with E-state index in [2.05, 4.69) is 20.5 Å². The molecule has 0 aliphatic carbocycles. The fourth-order valence-corrected chi connectivity index (χ4v) is 3.90. The van der Waals surface area contributed by atoms with Crippen LogP contribution < -0.4 is 5.32 Å². The molecule has 0 spiro atoms. The normalized spacial score (nSPS) is 10.7. The molecule has 0 saturated carbocycles. The first-order chi connectivity index (χ1) is 15.9. The van der Waals surface area contributed by atoms with Crippen molar-refractivity contribution in [1.82, 2.24) is 19.7 Å². The van der Waals surface area contributed by atoms with Crippen molar-refractivity contribution in [3.8, 4) is 17.1 Å². The van der Waals surface area contributed by atoms with Crippen LogP contribution in [0.2, 0.25) is 0 Å². The summed E-state index contributed by atoms with van der Waals surface area (Å²) in [6.07, 6.45) is 3.37. The van der Waals surface area contributed by atoms with Crippen LogP contribution in [0.5, 0.6) is 0 Å². The van der Waals surface area contributed by atoms with E-state index in [1.807, 2.05) is 47.9 Å². The van der Waals surface area contributed by atoms with E-state index in [1.165, 1.54) is 23.9 Å². The highest BCUT2D eigenvalue weighted by molar-refractivity contribution is 7.99. The number of nitrogens with one attached hydrogen (secondary N) is 1. The largest absolute Gasteiger partial charge is 0.325 e. The van der Waals surface area contributed by atoms with Gasteiger partial charge in [0.05, 0.1) is 16.4 Å². The number of carbonyl (C=O) groups is 1. The van der Waals surface area contributed by atoms with Crippen molar-refractivity contribution in [2.45, 2.75) is 19.0 Å². The number of non-ortho nitro benzene ring substituents is 1. The van der Waals surface area contributed by atoms with Crippen molar-refractivity contribution in [1.29, 1.82) is 0 Å². The summed E-state index contributed by atoms with van der Waals surface area (Å²) in [5, 5.41) is 23.0. The number of carbonyl (C=O) groups excluding carboxylic acids is 1. The van der Waals surface area contributed by atoms with E-state index < -0.39 is 4.92 Å². The number of aryl methyl sites for hydroxylation is 2. The fraction of sp³-hybridized carbons (Fsp3) is 0.130. The lowest BCUT2D eigenvalue weighted by Crippen LogP contribution is -2.15. The van der Waals surface area contributed by atoms with Crippen LogP contribution in [-0.4, -0.2) is 36.3 Å². The highest BCUT2D eigenvalue weighted by Crippen LogP contribution is 2.28. The Morgan fingerprint density at radius 3 is 2.48 bits per heavy atom. The Balaban J connectivity index is 1.58. The summed E-state index contributed by atoms with van der Waals surface area (Å²) in [5.74, 6) is 0.397. The van der Waals surface area contributed by atoms with E-state index in [0.29, 0.717) is 16.7 Å². The van der Waals surface area contributed by atoms with E-state index in [9.17, 15) is 14.9 Å². The number of anilines is 1. The third-order valence-electron chi connectivity index (χ3n) is 4.90. The first kappa shape index (κ1) is 22.2.